The van der Waals surface area contributed by atoms with Gasteiger partial charge in [-0.2, -0.15) is 0 Å². The van der Waals surface area contributed by atoms with E-state index in [0.717, 1.165) is 68.7 Å². The first-order valence-electron chi connectivity index (χ1n) is 10.6. The quantitative estimate of drug-likeness (QED) is 0.763. The molecule has 0 aromatic heterocycles. The molecule has 1 amide bonds. The molecule has 4 aliphatic rings. The second kappa shape index (κ2) is 5.95. The number of hydrogen-bond donors (Lipinski definition) is 3. The third-order valence-electron chi connectivity index (χ3n) is 8.20. The molecule has 5 heteroatoms. The van der Waals surface area contributed by atoms with Gasteiger partial charge in [0, 0.05) is 23.6 Å². The molecule has 1 aliphatic heterocycles. The van der Waals surface area contributed by atoms with Crippen LogP contribution >= 0.6 is 0 Å². The number of aromatic hydroxyl groups is 1. The monoisotopic (exact) mass is 370 g/mol. The Labute approximate surface area is 160 Å². The van der Waals surface area contributed by atoms with Gasteiger partial charge in [0.25, 0.3) is 5.91 Å². The number of carbonyl (C=O) groups excluding carboxylic acids is 1. The molecule has 0 radical (unpaired) electrons. The smallest absolute Gasteiger partial charge is 0.252 e. The predicted molar refractivity (Wildman–Crippen MR) is 103 cm³/mol. The fraction of sp³-hybridized carbons (Fsp3) is 0.682. The van der Waals surface area contributed by atoms with E-state index in [1.807, 2.05) is 6.07 Å². The summed E-state index contributed by atoms with van der Waals surface area (Å²) in [5, 5.41) is 23.1. The molecule has 0 spiro atoms. The van der Waals surface area contributed by atoms with Crippen molar-refractivity contribution in [2.75, 3.05) is 13.1 Å². The van der Waals surface area contributed by atoms with E-state index in [1.165, 1.54) is 19.3 Å². The molecule has 1 aromatic carbocycles. The molecule has 5 nitrogen and oxygen atoms in total. The number of amides is 1. The first kappa shape index (κ1) is 17.5. The summed E-state index contributed by atoms with van der Waals surface area (Å²) >= 11 is 0. The topological polar surface area (TPSA) is 86.8 Å². The number of nitrogens with zero attached hydrogens (tertiary/aromatic N) is 1. The van der Waals surface area contributed by atoms with E-state index in [1.54, 1.807) is 6.07 Å². The Bertz CT molecular complexity index is 790. The molecule has 3 atom stereocenters. The summed E-state index contributed by atoms with van der Waals surface area (Å²) in [5.41, 5.74) is 6.33. The Morgan fingerprint density at radius 2 is 1.96 bits per heavy atom. The molecule has 146 valence electrons. The van der Waals surface area contributed by atoms with Crippen LogP contribution in [0, 0.1) is 5.92 Å². The number of rotatable bonds is 3. The summed E-state index contributed by atoms with van der Waals surface area (Å²) in [6.45, 7) is 2.05. The Kier molecular flexibility index (Phi) is 3.86. The van der Waals surface area contributed by atoms with E-state index in [2.05, 4.69) is 4.90 Å². The van der Waals surface area contributed by atoms with Gasteiger partial charge < -0.3 is 15.9 Å². The zero-order valence-corrected chi connectivity index (χ0v) is 15.9. The molecular formula is C22H30N2O3. The summed E-state index contributed by atoms with van der Waals surface area (Å²) < 4.78 is 0. The number of likely N-dealkylation sites (tertiary alicyclic amines) is 1. The second-order valence-electron chi connectivity index (χ2n) is 9.34. The van der Waals surface area contributed by atoms with Crippen LogP contribution in [-0.4, -0.2) is 45.8 Å². The first-order chi connectivity index (χ1) is 13.0. The van der Waals surface area contributed by atoms with Gasteiger partial charge in [-0.25, -0.2) is 0 Å². The summed E-state index contributed by atoms with van der Waals surface area (Å²) in [5.74, 6) is 0.193. The third kappa shape index (κ3) is 2.27. The van der Waals surface area contributed by atoms with Gasteiger partial charge in [0.05, 0.1) is 11.2 Å². The maximum Gasteiger partial charge on any atom is 0.252 e. The molecular weight excluding hydrogens is 340 g/mol. The predicted octanol–water partition coefficient (Wildman–Crippen LogP) is 2.46. The third-order valence-corrected chi connectivity index (χ3v) is 8.20. The van der Waals surface area contributed by atoms with Crippen LogP contribution in [-0.2, 0) is 11.8 Å². The van der Waals surface area contributed by atoms with Crippen LogP contribution in [0.5, 0.6) is 5.75 Å². The number of phenols is 1. The number of carbonyl (C=O) groups is 1. The minimum atomic E-state index is -0.825. The minimum absolute atomic E-state index is 0.0196. The standard InChI is InChI=1S/C22H30N2O3/c23-20(26)16-7-6-15-12-17-22(27)9-2-1-8-21(22,18(15)19(16)25)10-11-24(17)13-14-4-3-5-14/h6-7,14,17,25,27H,1-5,8-13H2,(H2,23,26)/t17-,21?,22-/m1/s1. The summed E-state index contributed by atoms with van der Waals surface area (Å²) in [4.78, 5) is 14.4. The van der Waals surface area contributed by atoms with Crippen LogP contribution < -0.4 is 5.73 Å². The van der Waals surface area contributed by atoms with E-state index >= 15 is 0 Å². The Hall–Kier alpha value is -1.59. The lowest BCUT2D eigenvalue weighted by Gasteiger charge is -2.64. The van der Waals surface area contributed by atoms with Crippen molar-refractivity contribution in [1.29, 1.82) is 0 Å². The average molecular weight is 370 g/mol. The lowest BCUT2D eigenvalue weighted by atomic mass is 9.49. The van der Waals surface area contributed by atoms with E-state index in [9.17, 15) is 15.0 Å². The number of nitrogens with two attached hydrogens (primary N) is 1. The highest BCUT2D eigenvalue weighted by Gasteiger charge is 2.64. The molecule has 1 aromatic rings. The summed E-state index contributed by atoms with van der Waals surface area (Å²) in [6, 6.07) is 3.73. The van der Waals surface area contributed by atoms with Gasteiger partial charge in [0.2, 0.25) is 0 Å². The van der Waals surface area contributed by atoms with Gasteiger partial charge in [0.15, 0.2) is 0 Å². The SMILES string of the molecule is NC(=O)c1ccc2c(c1O)C13CCCC[C@@]1(O)[C@@H](C2)N(CC1CCC1)CC3. The van der Waals surface area contributed by atoms with Crippen molar-refractivity contribution in [1.82, 2.24) is 4.90 Å². The lowest BCUT2D eigenvalue weighted by Crippen LogP contribution is -2.72. The van der Waals surface area contributed by atoms with Crippen LogP contribution in [0.4, 0.5) is 0 Å². The molecule has 2 saturated carbocycles. The molecule has 2 bridgehead atoms. The Morgan fingerprint density at radius 1 is 1.19 bits per heavy atom. The largest absolute Gasteiger partial charge is 0.507 e. The van der Waals surface area contributed by atoms with E-state index < -0.39 is 16.9 Å². The normalized spacial score (nSPS) is 35.8. The molecule has 3 fully saturated rings. The van der Waals surface area contributed by atoms with Crippen molar-refractivity contribution in [2.24, 2.45) is 11.7 Å². The molecule has 3 aliphatic carbocycles. The van der Waals surface area contributed by atoms with E-state index in [4.69, 9.17) is 5.73 Å². The lowest BCUT2D eigenvalue weighted by molar-refractivity contribution is -0.169. The summed E-state index contributed by atoms with van der Waals surface area (Å²) in [6.07, 6.45) is 9.28. The fourth-order valence-corrected chi connectivity index (χ4v) is 6.63. The molecule has 4 N–H and O–H groups in total. The van der Waals surface area contributed by atoms with Crippen molar-refractivity contribution in [3.63, 3.8) is 0 Å². The van der Waals surface area contributed by atoms with Gasteiger partial charge in [-0.05, 0) is 62.6 Å². The molecule has 5 rings (SSSR count). The molecule has 1 unspecified atom stereocenters. The Balaban J connectivity index is 1.64. The number of piperidine rings is 1. The second-order valence-corrected chi connectivity index (χ2v) is 9.34. The molecule has 1 saturated heterocycles. The molecule has 27 heavy (non-hydrogen) atoms. The maximum atomic E-state index is 12.1. The highest BCUT2D eigenvalue weighted by atomic mass is 16.3. The minimum Gasteiger partial charge on any atom is -0.507 e. The van der Waals surface area contributed by atoms with Gasteiger partial charge in [0.1, 0.15) is 5.75 Å². The van der Waals surface area contributed by atoms with Crippen molar-refractivity contribution in [3.05, 3.63) is 28.8 Å². The van der Waals surface area contributed by atoms with Gasteiger partial charge in [-0.1, -0.05) is 25.3 Å². The van der Waals surface area contributed by atoms with Crippen LogP contribution in [0.15, 0.2) is 12.1 Å². The number of benzene rings is 1. The van der Waals surface area contributed by atoms with Crippen molar-refractivity contribution in [3.8, 4) is 5.75 Å². The van der Waals surface area contributed by atoms with Crippen LogP contribution in [0.25, 0.3) is 0 Å². The van der Waals surface area contributed by atoms with E-state index in [0.29, 0.717) is 0 Å². The van der Waals surface area contributed by atoms with Crippen LogP contribution in [0.1, 0.15) is 72.9 Å². The fourth-order valence-electron chi connectivity index (χ4n) is 6.63. The number of fused-ring (bicyclic) bond motifs is 1. The zero-order valence-electron chi connectivity index (χ0n) is 15.9. The van der Waals surface area contributed by atoms with Crippen LogP contribution in [0.3, 0.4) is 0 Å². The van der Waals surface area contributed by atoms with Crippen molar-refractivity contribution in [2.45, 2.75) is 74.8 Å². The maximum absolute atomic E-state index is 12.1. The summed E-state index contributed by atoms with van der Waals surface area (Å²) in [7, 11) is 0. The average Bonchev–Trinajstić information content (AvgIpc) is 2.58. The highest BCUT2D eigenvalue weighted by molar-refractivity contribution is 5.96. The highest BCUT2D eigenvalue weighted by Crippen LogP contribution is 2.60. The molecule has 1 heterocycles. The van der Waals surface area contributed by atoms with Gasteiger partial charge >= 0.3 is 0 Å². The number of hydrogen-bond acceptors (Lipinski definition) is 4. The number of primary amides is 1. The van der Waals surface area contributed by atoms with E-state index in [-0.39, 0.29) is 17.4 Å². The van der Waals surface area contributed by atoms with Crippen molar-refractivity contribution < 1.29 is 15.0 Å². The Morgan fingerprint density at radius 3 is 2.67 bits per heavy atom. The zero-order chi connectivity index (χ0) is 18.8. The number of aliphatic hydroxyl groups is 1. The van der Waals surface area contributed by atoms with Crippen LogP contribution in [0.2, 0.25) is 0 Å². The van der Waals surface area contributed by atoms with Gasteiger partial charge in [-0.3, -0.25) is 9.69 Å². The van der Waals surface area contributed by atoms with Gasteiger partial charge in [-0.15, -0.1) is 0 Å². The first-order valence-corrected chi connectivity index (χ1v) is 10.6. The van der Waals surface area contributed by atoms with Crippen molar-refractivity contribution >= 4 is 5.91 Å².